The van der Waals surface area contributed by atoms with E-state index in [2.05, 4.69) is 10.6 Å². The van der Waals surface area contributed by atoms with Crippen LogP contribution in [-0.2, 0) is 11.2 Å². The highest BCUT2D eigenvalue weighted by atomic mass is 16.5. The number of hydrogen-bond donors (Lipinski definition) is 2. The molecule has 0 saturated heterocycles. The van der Waals surface area contributed by atoms with E-state index >= 15 is 0 Å². The lowest BCUT2D eigenvalue weighted by Crippen LogP contribution is -2.27. The van der Waals surface area contributed by atoms with Crippen LogP contribution in [0, 0.1) is 0 Å². The van der Waals surface area contributed by atoms with Gasteiger partial charge in [0, 0.05) is 25.6 Å². The van der Waals surface area contributed by atoms with E-state index in [0.717, 1.165) is 29.8 Å². The third kappa shape index (κ3) is 3.23. The van der Waals surface area contributed by atoms with Gasteiger partial charge in [0.2, 0.25) is 5.91 Å². The van der Waals surface area contributed by atoms with E-state index in [0.29, 0.717) is 24.2 Å². The molecular formula is C21H23N3O3. The Morgan fingerprint density at radius 2 is 2.11 bits per heavy atom. The molecule has 0 fully saturated rings. The smallest absolute Gasteiger partial charge is 0.251 e. The SMILES string of the molecule is COc1cccc2c1CCC2NC(=O)c1ccc2c(c1)NC(=O)CCN2C. The van der Waals surface area contributed by atoms with Crippen LogP contribution < -0.4 is 20.3 Å². The zero-order valence-electron chi connectivity index (χ0n) is 15.5. The fourth-order valence-corrected chi connectivity index (χ4v) is 3.92. The van der Waals surface area contributed by atoms with Gasteiger partial charge < -0.3 is 20.3 Å². The van der Waals surface area contributed by atoms with Gasteiger partial charge in [0.25, 0.3) is 5.91 Å². The molecule has 1 heterocycles. The molecule has 2 aliphatic rings. The highest BCUT2D eigenvalue weighted by Crippen LogP contribution is 2.37. The van der Waals surface area contributed by atoms with Gasteiger partial charge in [0.15, 0.2) is 0 Å². The van der Waals surface area contributed by atoms with Crippen molar-refractivity contribution in [3.8, 4) is 5.75 Å². The first-order valence-electron chi connectivity index (χ1n) is 9.18. The normalized spacial score (nSPS) is 18.2. The average molecular weight is 365 g/mol. The van der Waals surface area contributed by atoms with Crippen LogP contribution in [0.15, 0.2) is 36.4 Å². The maximum atomic E-state index is 12.8. The van der Waals surface area contributed by atoms with Crippen LogP contribution in [-0.4, -0.2) is 32.5 Å². The van der Waals surface area contributed by atoms with Gasteiger partial charge in [-0.3, -0.25) is 9.59 Å². The Bertz CT molecular complexity index is 910. The molecular weight excluding hydrogens is 342 g/mol. The van der Waals surface area contributed by atoms with E-state index < -0.39 is 0 Å². The number of carbonyl (C=O) groups excluding carboxylic acids is 2. The molecule has 2 aromatic carbocycles. The molecule has 2 amide bonds. The zero-order chi connectivity index (χ0) is 19.0. The van der Waals surface area contributed by atoms with Crippen molar-refractivity contribution in [3.63, 3.8) is 0 Å². The maximum absolute atomic E-state index is 12.8. The number of carbonyl (C=O) groups is 2. The zero-order valence-corrected chi connectivity index (χ0v) is 15.5. The highest BCUT2D eigenvalue weighted by molar-refractivity contribution is 6.01. The molecule has 1 unspecified atom stereocenters. The van der Waals surface area contributed by atoms with Crippen LogP contribution in [0.3, 0.4) is 0 Å². The Balaban J connectivity index is 1.56. The van der Waals surface area contributed by atoms with Gasteiger partial charge >= 0.3 is 0 Å². The van der Waals surface area contributed by atoms with Crippen molar-refractivity contribution in [2.75, 3.05) is 30.9 Å². The minimum absolute atomic E-state index is 0.0290. The van der Waals surface area contributed by atoms with Gasteiger partial charge in [0.1, 0.15) is 5.75 Å². The Labute approximate surface area is 158 Å². The number of fused-ring (bicyclic) bond motifs is 2. The summed E-state index contributed by atoms with van der Waals surface area (Å²) in [6, 6.07) is 11.4. The first-order chi connectivity index (χ1) is 13.1. The number of anilines is 2. The molecule has 2 aromatic rings. The topological polar surface area (TPSA) is 70.7 Å². The van der Waals surface area contributed by atoms with E-state index in [9.17, 15) is 9.59 Å². The van der Waals surface area contributed by atoms with E-state index in [1.807, 2.05) is 42.3 Å². The van der Waals surface area contributed by atoms with Crippen molar-refractivity contribution >= 4 is 23.2 Å². The lowest BCUT2D eigenvalue weighted by atomic mass is 10.1. The van der Waals surface area contributed by atoms with Crippen molar-refractivity contribution in [1.82, 2.24) is 5.32 Å². The van der Waals surface area contributed by atoms with Crippen molar-refractivity contribution in [2.45, 2.75) is 25.3 Å². The number of nitrogens with one attached hydrogen (secondary N) is 2. The first kappa shape index (κ1) is 17.4. The fraction of sp³-hybridized carbons (Fsp3) is 0.333. The monoisotopic (exact) mass is 365 g/mol. The van der Waals surface area contributed by atoms with Crippen molar-refractivity contribution in [3.05, 3.63) is 53.1 Å². The molecule has 0 saturated carbocycles. The van der Waals surface area contributed by atoms with Gasteiger partial charge in [-0.2, -0.15) is 0 Å². The van der Waals surface area contributed by atoms with Gasteiger partial charge in [0.05, 0.1) is 24.5 Å². The molecule has 27 heavy (non-hydrogen) atoms. The number of rotatable bonds is 3. The Morgan fingerprint density at radius 3 is 2.93 bits per heavy atom. The second kappa shape index (κ2) is 6.95. The quantitative estimate of drug-likeness (QED) is 0.877. The molecule has 6 heteroatoms. The summed E-state index contributed by atoms with van der Waals surface area (Å²) in [5, 5.41) is 6.02. The fourth-order valence-electron chi connectivity index (χ4n) is 3.92. The summed E-state index contributed by atoms with van der Waals surface area (Å²) in [5.41, 5.74) is 4.43. The number of methoxy groups -OCH3 is 1. The predicted octanol–water partition coefficient (Wildman–Crippen LogP) is 2.89. The van der Waals surface area contributed by atoms with Crippen molar-refractivity contribution < 1.29 is 14.3 Å². The molecule has 0 aromatic heterocycles. The Hall–Kier alpha value is -3.02. The predicted molar refractivity (Wildman–Crippen MR) is 104 cm³/mol. The van der Waals surface area contributed by atoms with Crippen LogP contribution in [0.2, 0.25) is 0 Å². The molecule has 6 nitrogen and oxygen atoms in total. The summed E-state index contributed by atoms with van der Waals surface area (Å²) in [5.74, 6) is 0.703. The summed E-state index contributed by atoms with van der Waals surface area (Å²) in [7, 11) is 3.62. The molecule has 0 radical (unpaired) electrons. The number of hydrogen-bond acceptors (Lipinski definition) is 4. The number of amides is 2. The average Bonchev–Trinajstić information content (AvgIpc) is 3.02. The van der Waals surface area contributed by atoms with Crippen LogP contribution in [0.5, 0.6) is 5.75 Å². The van der Waals surface area contributed by atoms with Crippen LogP contribution in [0.25, 0.3) is 0 Å². The molecule has 4 rings (SSSR count). The van der Waals surface area contributed by atoms with Crippen LogP contribution in [0.1, 0.15) is 40.4 Å². The molecule has 1 aliphatic heterocycles. The lowest BCUT2D eigenvalue weighted by molar-refractivity contribution is -0.115. The Kier molecular flexibility index (Phi) is 4.48. The lowest BCUT2D eigenvalue weighted by Gasteiger charge is -2.19. The molecule has 0 bridgehead atoms. The number of benzene rings is 2. The minimum Gasteiger partial charge on any atom is -0.496 e. The van der Waals surface area contributed by atoms with Crippen LogP contribution in [0.4, 0.5) is 11.4 Å². The highest BCUT2D eigenvalue weighted by Gasteiger charge is 2.27. The molecule has 140 valence electrons. The first-order valence-corrected chi connectivity index (χ1v) is 9.18. The minimum atomic E-state index is -0.139. The Morgan fingerprint density at radius 1 is 1.26 bits per heavy atom. The third-order valence-corrected chi connectivity index (χ3v) is 5.37. The van der Waals surface area contributed by atoms with Gasteiger partial charge in [-0.1, -0.05) is 12.1 Å². The van der Waals surface area contributed by atoms with Gasteiger partial charge in [-0.05, 0) is 48.2 Å². The second-order valence-corrected chi connectivity index (χ2v) is 7.04. The summed E-state index contributed by atoms with van der Waals surface area (Å²) in [6.45, 7) is 0.658. The molecule has 1 aliphatic carbocycles. The summed E-state index contributed by atoms with van der Waals surface area (Å²) >= 11 is 0. The maximum Gasteiger partial charge on any atom is 0.251 e. The van der Waals surface area contributed by atoms with Crippen LogP contribution >= 0.6 is 0 Å². The largest absolute Gasteiger partial charge is 0.496 e. The molecule has 0 spiro atoms. The number of nitrogens with zero attached hydrogens (tertiary/aromatic N) is 1. The second-order valence-electron chi connectivity index (χ2n) is 7.04. The summed E-state index contributed by atoms with van der Waals surface area (Å²) < 4.78 is 5.43. The standard InChI is InChI=1S/C21H23N3O3/c1-24-11-10-20(25)22-17-12-13(6-9-18(17)24)21(26)23-16-8-7-15-14(16)4-3-5-19(15)27-2/h3-6,9,12,16H,7-8,10-11H2,1-2H3,(H,22,25)(H,23,26). The third-order valence-electron chi connectivity index (χ3n) is 5.37. The van der Waals surface area contributed by atoms with E-state index in [4.69, 9.17) is 4.74 Å². The van der Waals surface area contributed by atoms with Crippen molar-refractivity contribution in [1.29, 1.82) is 0 Å². The summed E-state index contributed by atoms with van der Waals surface area (Å²) in [4.78, 5) is 26.8. The van der Waals surface area contributed by atoms with Crippen molar-refractivity contribution in [2.24, 2.45) is 0 Å². The van der Waals surface area contributed by atoms with Gasteiger partial charge in [-0.25, -0.2) is 0 Å². The molecule has 2 N–H and O–H groups in total. The van der Waals surface area contributed by atoms with E-state index in [-0.39, 0.29) is 17.9 Å². The van der Waals surface area contributed by atoms with E-state index in [1.165, 1.54) is 5.56 Å². The van der Waals surface area contributed by atoms with E-state index in [1.54, 1.807) is 13.2 Å². The van der Waals surface area contributed by atoms with Gasteiger partial charge in [-0.15, -0.1) is 0 Å². The summed E-state index contributed by atoms with van der Waals surface area (Å²) in [6.07, 6.45) is 2.18. The number of ether oxygens (including phenoxy) is 1. The molecule has 1 atom stereocenters.